The van der Waals surface area contributed by atoms with Gasteiger partial charge in [0.25, 0.3) is 5.91 Å². The van der Waals surface area contributed by atoms with Crippen LogP contribution in [0.5, 0.6) is 5.75 Å². The fourth-order valence-corrected chi connectivity index (χ4v) is 3.65. The highest BCUT2D eigenvalue weighted by Gasteiger charge is 2.12. The average Bonchev–Trinajstić information content (AvgIpc) is 3.40. The number of para-hydroxylation sites is 1. The molecular weight excluding hydrogens is 476 g/mol. The largest absolute Gasteiger partial charge is 0.486 e. The number of aromatic nitrogens is 3. The quantitative estimate of drug-likeness (QED) is 0.265. The van der Waals surface area contributed by atoms with Crippen molar-refractivity contribution >= 4 is 28.5 Å². The lowest BCUT2D eigenvalue weighted by Crippen LogP contribution is -2.12. The smallest absolute Gasteiger partial charge is 0.339 e. The minimum Gasteiger partial charge on any atom is -0.486 e. The number of ether oxygens (including phenoxy) is 2. The number of esters is 1. The zero-order valence-electron chi connectivity index (χ0n) is 19.6. The molecule has 0 atom stereocenters. The Bertz CT molecular complexity index is 1660. The first-order valence-corrected chi connectivity index (χ1v) is 11.2. The number of rotatable bonds is 7. The van der Waals surface area contributed by atoms with Gasteiger partial charge in [-0.25, -0.2) is 14.3 Å². The number of carbonyl (C=O) groups is 2. The second-order valence-corrected chi connectivity index (χ2v) is 7.94. The molecule has 5 rings (SSSR count). The number of fused-ring (bicyclic) bond motifs is 1. The van der Waals surface area contributed by atoms with Gasteiger partial charge in [0, 0.05) is 11.3 Å². The van der Waals surface area contributed by atoms with Gasteiger partial charge in [0.15, 0.2) is 0 Å². The Kier molecular flexibility index (Phi) is 6.45. The molecule has 0 aliphatic heterocycles. The van der Waals surface area contributed by atoms with Gasteiger partial charge in [-0.15, -0.1) is 5.10 Å². The summed E-state index contributed by atoms with van der Waals surface area (Å²) in [6, 6.07) is 21.7. The fraction of sp³-hybridized carbons (Fsp3) is 0.0741. The summed E-state index contributed by atoms with van der Waals surface area (Å²) in [5.74, 6) is -0.421. The summed E-state index contributed by atoms with van der Waals surface area (Å²) in [5, 5.41) is 11.7. The Balaban J connectivity index is 1.25. The van der Waals surface area contributed by atoms with Crippen LogP contribution in [0.2, 0.25) is 0 Å². The average molecular weight is 496 g/mol. The molecule has 0 spiro atoms. The predicted octanol–water partition coefficient (Wildman–Crippen LogP) is 3.99. The number of methoxy groups -OCH3 is 1. The molecule has 2 heterocycles. The van der Waals surface area contributed by atoms with Crippen molar-refractivity contribution < 1.29 is 23.5 Å². The lowest BCUT2D eigenvalue weighted by molar-refractivity contribution is 0.0600. The number of hydrogen-bond acceptors (Lipinski definition) is 8. The van der Waals surface area contributed by atoms with Gasteiger partial charge in [-0.05, 0) is 54.6 Å². The Morgan fingerprint density at radius 1 is 0.973 bits per heavy atom. The molecular formula is C27H20N4O6. The van der Waals surface area contributed by atoms with E-state index in [4.69, 9.17) is 13.9 Å². The third-order valence-electron chi connectivity index (χ3n) is 5.46. The molecule has 0 fully saturated rings. The van der Waals surface area contributed by atoms with Gasteiger partial charge in [0.05, 0.1) is 36.0 Å². The van der Waals surface area contributed by atoms with E-state index >= 15 is 0 Å². The zero-order chi connectivity index (χ0) is 25.8. The maximum atomic E-state index is 12.6. The van der Waals surface area contributed by atoms with Gasteiger partial charge in [-0.3, -0.25) is 4.79 Å². The van der Waals surface area contributed by atoms with E-state index in [2.05, 4.69) is 15.6 Å². The molecule has 0 aliphatic carbocycles. The van der Waals surface area contributed by atoms with Crippen molar-refractivity contribution in [2.24, 2.45) is 0 Å². The molecule has 3 aromatic carbocycles. The number of nitrogens with zero attached hydrogens (tertiary/aromatic N) is 3. The molecule has 5 aromatic rings. The molecule has 1 amide bonds. The van der Waals surface area contributed by atoms with Crippen molar-refractivity contribution in [1.82, 2.24) is 15.0 Å². The minimum atomic E-state index is -0.502. The Hall–Kier alpha value is -5.25. The molecule has 37 heavy (non-hydrogen) atoms. The van der Waals surface area contributed by atoms with Crippen LogP contribution < -0.4 is 15.7 Å². The van der Waals surface area contributed by atoms with E-state index in [-0.39, 0.29) is 12.5 Å². The standard InChI is InChI=1S/C27H20N4O6/c1-35-27(34)18-5-4-6-19(13-18)28-26(33)17-9-11-21(12-10-17)31-15-20(29-30-31)16-36-24-14-25(32)37-23-8-3-2-7-22(23)24/h2-15H,16H2,1H3,(H,28,33). The van der Waals surface area contributed by atoms with Gasteiger partial charge in [0.1, 0.15) is 23.6 Å². The molecule has 2 aromatic heterocycles. The first kappa shape index (κ1) is 23.5. The van der Waals surface area contributed by atoms with Crippen molar-refractivity contribution in [1.29, 1.82) is 0 Å². The van der Waals surface area contributed by atoms with Crippen molar-refractivity contribution in [2.45, 2.75) is 6.61 Å². The van der Waals surface area contributed by atoms with E-state index in [1.54, 1.807) is 77.6 Å². The van der Waals surface area contributed by atoms with E-state index < -0.39 is 11.6 Å². The van der Waals surface area contributed by atoms with Crippen molar-refractivity contribution in [3.8, 4) is 11.4 Å². The normalized spacial score (nSPS) is 10.7. The predicted molar refractivity (Wildman–Crippen MR) is 134 cm³/mol. The van der Waals surface area contributed by atoms with E-state index in [1.165, 1.54) is 13.2 Å². The summed E-state index contributed by atoms with van der Waals surface area (Å²) in [5.41, 5.74) is 2.41. The highest BCUT2D eigenvalue weighted by Crippen LogP contribution is 2.24. The summed E-state index contributed by atoms with van der Waals surface area (Å²) in [4.78, 5) is 36.2. The van der Waals surface area contributed by atoms with Gasteiger partial charge >= 0.3 is 11.6 Å². The second kappa shape index (κ2) is 10.2. The molecule has 0 radical (unpaired) electrons. The van der Waals surface area contributed by atoms with Crippen LogP contribution in [0.1, 0.15) is 26.4 Å². The number of anilines is 1. The molecule has 0 aliphatic rings. The van der Waals surface area contributed by atoms with Gasteiger partial charge < -0.3 is 19.2 Å². The summed E-state index contributed by atoms with van der Waals surface area (Å²) in [6.45, 7) is 0.0958. The van der Waals surface area contributed by atoms with Crippen LogP contribution in [-0.2, 0) is 11.3 Å². The van der Waals surface area contributed by atoms with Crippen LogP contribution in [0.25, 0.3) is 16.7 Å². The lowest BCUT2D eigenvalue weighted by Gasteiger charge is -2.08. The first-order chi connectivity index (χ1) is 18.0. The first-order valence-electron chi connectivity index (χ1n) is 11.2. The minimum absolute atomic E-state index is 0.0958. The van der Waals surface area contributed by atoms with Crippen molar-refractivity contribution in [3.05, 3.63) is 112 Å². The highest BCUT2D eigenvalue weighted by atomic mass is 16.5. The molecule has 184 valence electrons. The lowest BCUT2D eigenvalue weighted by atomic mass is 10.1. The van der Waals surface area contributed by atoms with Gasteiger partial charge in [-0.2, -0.15) is 0 Å². The van der Waals surface area contributed by atoms with Crippen LogP contribution in [0.15, 0.2) is 94.3 Å². The number of carbonyl (C=O) groups excluding carboxylic acids is 2. The SMILES string of the molecule is COC(=O)c1cccc(NC(=O)c2ccc(-n3cc(COc4cc(=O)oc5ccccc45)nn3)cc2)c1. The van der Waals surface area contributed by atoms with Gasteiger partial charge in [-0.1, -0.05) is 23.4 Å². The summed E-state index contributed by atoms with van der Waals surface area (Å²) < 4.78 is 17.3. The van der Waals surface area contributed by atoms with Crippen LogP contribution in [-0.4, -0.2) is 34.0 Å². The third kappa shape index (κ3) is 5.22. The Labute approximate surface area is 210 Å². The number of nitrogens with one attached hydrogen (secondary N) is 1. The molecule has 0 bridgehead atoms. The van der Waals surface area contributed by atoms with E-state index in [1.807, 2.05) is 6.07 Å². The third-order valence-corrected chi connectivity index (χ3v) is 5.46. The van der Waals surface area contributed by atoms with Crippen molar-refractivity contribution in [2.75, 3.05) is 12.4 Å². The molecule has 0 saturated heterocycles. The van der Waals surface area contributed by atoms with Crippen LogP contribution in [0.3, 0.4) is 0 Å². The number of amides is 1. The molecule has 0 unspecified atom stereocenters. The summed E-state index contributed by atoms with van der Waals surface area (Å²) in [7, 11) is 1.30. The topological polar surface area (TPSA) is 126 Å². The maximum Gasteiger partial charge on any atom is 0.339 e. The Morgan fingerprint density at radius 2 is 1.78 bits per heavy atom. The zero-order valence-corrected chi connectivity index (χ0v) is 19.6. The number of benzene rings is 3. The molecule has 10 heteroatoms. The van der Waals surface area contributed by atoms with Crippen molar-refractivity contribution in [3.63, 3.8) is 0 Å². The molecule has 1 N–H and O–H groups in total. The van der Waals surface area contributed by atoms with E-state index in [9.17, 15) is 14.4 Å². The Morgan fingerprint density at radius 3 is 2.59 bits per heavy atom. The van der Waals surface area contributed by atoms with Gasteiger partial charge in [0.2, 0.25) is 0 Å². The van der Waals surface area contributed by atoms with E-state index in [0.29, 0.717) is 44.9 Å². The monoisotopic (exact) mass is 496 g/mol. The molecule has 10 nitrogen and oxygen atoms in total. The fourth-order valence-electron chi connectivity index (χ4n) is 3.65. The van der Waals surface area contributed by atoms with Crippen LogP contribution >= 0.6 is 0 Å². The second-order valence-electron chi connectivity index (χ2n) is 7.94. The van der Waals surface area contributed by atoms with Crippen LogP contribution in [0, 0.1) is 0 Å². The van der Waals surface area contributed by atoms with E-state index in [0.717, 1.165) is 0 Å². The summed E-state index contributed by atoms with van der Waals surface area (Å²) >= 11 is 0. The maximum absolute atomic E-state index is 12.6. The molecule has 0 saturated carbocycles. The number of hydrogen-bond donors (Lipinski definition) is 1. The summed E-state index contributed by atoms with van der Waals surface area (Å²) in [6.07, 6.45) is 1.70. The van der Waals surface area contributed by atoms with Crippen LogP contribution in [0.4, 0.5) is 5.69 Å². The highest BCUT2D eigenvalue weighted by molar-refractivity contribution is 6.05.